The molecule has 0 aliphatic heterocycles. The highest BCUT2D eigenvalue weighted by Gasteiger charge is 2.21. The van der Waals surface area contributed by atoms with Gasteiger partial charge in [-0.05, 0) is 19.1 Å². The summed E-state index contributed by atoms with van der Waals surface area (Å²) in [5.74, 6) is 0.398. The van der Waals surface area contributed by atoms with Gasteiger partial charge in [0.1, 0.15) is 11.8 Å². The molecule has 0 radical (unpaired) electrons. The minimum Gasteiger partial charge on any atom is -0.496 e. The lowest BCUT2D eigenvalue weighted by Gasteiger charge is -2.16. The number of anilines is 1. The molecule has 0 saturated carbocycles. The molecule has 0 bridgehead atoms. The number of amides is 1. The van der Waals surface area contributed by atoms with Gasteiger partial charge in [-0.2, -0.15) is 0 Å². The predicted molar refractivity (Wildman–Crippen MR) is 114 cm³/mol. The van der Waals surface area contributed by atoms with E-state index >= 15 is 0 Å². The van der Waals surface area contributed by atoms with E-state index in [0.717, 1.165) is 11.1 Å². The fraction of sp³-hybridized carbons (Fsp3) is 0.182. The second-order valence-electron chi connectivity index (χ2n) is 6.58. The lowest BCUT2D eigenvalue weighted by molar-refractivity contribution is -0.384. The summed E-state index contributed by atoms with van der Waals surface area (Å²) in [6.07, 6.45) is 0. The van der Waals surface area contributed by atoms with Crippen LogP contribution in [0.5, 0.6) is 5.75 Å². The average Bonchev–Trinajstić information content (AvgIpc) is 2.77. The molecule has 3 aromatic rings. The number of benzene rings is 2. The molecule has 2 aromatic carbocycles. The Labute approximate surface area is 174 Å². The maximum Gasteiger partial charge on any atom is 0.311 e. The fourth-order valence-electron chi connectivity index (χ4n) is 2.93. The minimum absolute atomic E-state index is 0.0429. The van der Waals surface area contributed by atoms with Crippen LogP contribution in [-0.4, -0.2) is 29.0 Å². The van der Waals surface area contributed by atoms with Gasteiger partial charge in [-0.1, -0.05) is 48.5 Å². The number of hydrogen-bond donors (Lipinski definition) is 2. The van der Waals surface area contributed by atoms with Gasteiger partial charge in [-0.25, -0.2) is 4.98 Å². The number of hydrogen-bond acceptors (Lipinski definition) is 6. The Hall–Kier alpha value is -3.94. The van der Waals surface area contributed by atoms with E-state index in [4.69, 9.17) is 4.74 Å². The molecule has 8 nitrogen and oxygen atoms in total. The van der Waals surface area contributed by atoms with E-state index in [1.807, 2.05) is 54.6 Å². The van der Waals surface area contributed by atoms with Gasteiger partial charge in [0, 0.05) is 23.7 Å². The first-order valence-electron chi connectivity index (χ1n) is 9.36. The highest BCUT2D eigenvalue weighted by molar-refractivity contribution is 5.84. The number of aromatic nitrogens is 1. The van der Waals surface area contributed by atoms with Gasteiger partial charge in [0.05, 0.1) is 17.7 Å². The molecule has 1 atom stereocenters. The third-order valence-electron chi connectivity index (χ3n) is 4.53. The van der Waals surface area contributed by atoms with Crippen molar-refractivity contribution in [3.05, 3.63) is 82.4 Å². The summed E-state index contributed by atoms with van der Waals surface area (Å²) in [4.78, 5) is 27.8. The molecule has 8 heteroatoms. The zero-order chi connectivity index (χ0) is 21.5. The number of nitrogens with zero attached hydrogens (tertiary/aromatic N) is 2. The topological polar surface area (TPSA) is 106 Å². The zero-order valence-corrected chi connectivity index (χ0v) is 16.7. The summed E-state index contributed by atoms with van der Waals surface area (Å²) in [5.41, 5.74) is 2.03. The Bertz CT molecular complexity index is 1040. The first-order valence-corrected chi connectivity index (χ1v) is 9.36. The van der Waals surface area contributed by atoms with Crippen LogP contribution in [0.3, 0.4) is 0 Å². The summed E-state index contributed by atoms with van der Waals surface area (Å²) in [7, 11) is 1.56. The van der Waals surface area contributed by atoms with E-state index in [9.17, 15) is 14.9 Å². The largest absolute Gasteiger partial charge is 0.496 e. The number of carbonyl (C=O) groups is 1. The Balaban J connectivity index is 1.75. The van der Waals surface area contributed by atoms with Gasteiger partial charge >= 0.3 is 5.69 Å². The number of nitro groups is 1. The van der Waals surface area contributed by atoms with Crippen LogP contribution in [0.1, 0.15) is 12.5 Å². The molecule has 3 rings (SSSR count). The molecule has 0 unspecified atom stereocenters. The quantitative estimate of drug-likeness (QED) is 0.436. The molecule has 0 aliphatic carbocycles. The van der Waals surface area contributed by atoms with Crippen LogP contribution >= 0.6 is 0 Å². The number of pyridine rings is 1. The molecule has 1 heterocycles. The van der Waals surface area contributed by atoms with Crippen molar-refractivity contribution in [3.8, 4) is 17.0 Å². The van der Waals surface area contributed by atoms with E-state index in [1.54, 1.807) is 20.1 Å². The monoisotopic (exact) mass is 406 g/mol. The zero-order valence-electron chi connectivity index (χ0n) is 16.7. The van der Waals surface area contributed by atoms with Crippen molar-refractivity contribution in [2.45, 2.75) is 19.5 Å². The third-order valence-corrected chi connectivity index (χ3v) is 4.53. The van der Waals surface area contributed by atoms with Crippen molar-refractivity contribution in [2.75, 3.05) is 12.4 Å². The standard InChI is InChI=1S/C22H22N4O4/c1-15(22(27)23-14-17-10-6-7-11-20(17)30-2)24-21-19(26(28)29)13-12-18(25-21)16-8-4-3-5-9-16/h3-13,15H,14H2,1-2H3,(H,23,27)(H,24,25)/t15-/m1/s1. The lowest BCUT2D eigenvalue weighted by atomic mass is 10.1. The number of ether oxygens (including phenoxy) is 1. The van der Waals surface area contributed by atoms with Crippen LogP contribution in [0.15, 0.2) is 66.7 Å². The maximum absolute atomic E-state index is 12.5. The molecule has 2 N–H and O–H groups in total. The Kier molecular flexibility index (Phi) is 6.59. The van der Waals surface area contributed by atoms with Gasteiger partial charge in [-0.15, -0.1) is 0 Å². The Morgan fingerprint density at radius 3 is 2.50 bits per heavy atom. The van der Waals surface area contributed by atoms with Gasteiger partial charge in [-0.3, -0.25) is 14.9 Å². The maximum atomic E-state index is 12.5. The van der Waals surface area contributed by atoms with E-state index < -0.39 is 11.0 Å². The smallest absolute Gasteiger partial charge is 0.311 e. The molecule has 0 saturated heterocycles. The molecular weight excluding hydrogens is 384 g/mol. The number of carbonyl (C=O) groups excluding carboxylic acids is 1. The normalized spacial score (nSPS) is 11.4. The first kappa shape index (κ1) is 20.8. The van der Waals surface area contributed by atoms with Crippen molar-refractivity contribution < 1.29 is 14.5 Å². The minimum atomic E-state index is -0.739. The van der Waals surface area contributed by atoms with E-state index in [0.29, 0.717) is 11.4 Å². The Morgan fingerprint density at radius 1 is 1.10 bits per heavy atom. The van der Waals surface area contributed by atoms with Crippen LogP contribution < -0.4 is 15.4 Å². The summed E-state index contributed by atoms with van der Waals surface area (Å²) in [6.45, 7) is 1.90. The van der Waals surface area contributed by atoms with Gasteiger partial charge < -0.3 is 15.4 Å². The molecule has 1 aromatic heterocycles. The fourth-order valence-corrected chi connectivity index (χ4v) is 2.93. The molecule has 0 spiro atoms. The highest BCUT2D eigenvalue weighted by Crippen LogP contribution is 2.27. The molecular formula is C22H22N4O4. The van der Waals surface area contributed by atoms with Crippen molar-refractivity contribution in [3.63, 3.8) is 0 Å². The Morgan fingerprint density at radius 2 is 1.80 bits per heavy atom. The van der Waals surface area contributed by atoms with Gasteiger partial charge in [0.15, 0.2) is 0 Å². The van der Waals surface area contributed by atoms with Crippen LogP contribution in [-0.2, 0) is 11.3 Å². The van der Waals surface area contributed by atoms with Gasteiger partial charge in [0.25, 0.3) is 0 Å². The average molecular weight is 406 g/mol. The summed E-state index contributed by atoms with van der Waals surface area (Å²) in [6, 6.07) is 18.9. The van der Waals surface area contributed by atoms with Crippen LogP contribution in [0.25, 0.3) is 11.3 Å². The molecule has 0 fully saturated rings. The van der Waals surface area contributed by atoms with Crippen molar-refractivity contribution in [1.29, 1.82) is 0 Å². The number of para-hydroxylation sites is 1. The van der Waals surface area contributed by atoms with Crippen LogP contribution in [0.4, 0.5) is 11.5 Å². The number of methoxy groups -OCH3 is 1. The number of nitrogens with one attached hydrogen (secondary N) is 2. The second-order valence-corrected chi connectivity index (χ2v) is 6.58. The third kappa shape index (κ3) is 4.91. The molecule has 1 amide bonds. The summed E-state index contributed by atoms with van der Waals surface area (Å²) >= 11 is 0. The van der Waals surface area contributed by atoms with Crippen molar-refractivity contribution in [2.24, 2.45) is 0 Å². The van der Waals surface area contributed by atoms with E-state index in [-0.39, 0.29) is 24.0 Å². The lowest BCUT2D eigenvalue weighted by Crippen LogP contribution is -2.37. The molecule has 30 heavy (non-hydrogen) atoms. The predicted octanol–water partition coefficient (Wildman–Crippen LogP) is 3.78. The summed E-state index contributed by atoms with van der Waals surface area (Å²) in [5, 5.41) is 17.1. The highest BCUT2D eigenvalue weighted by atomic mass is 16.6. The second kappa shape index (κ2) is 9.51. The van der Waals surface area contributed by atoms with Crippen molar-refractivity contribution >= 4 is 17.4 Å². The van der Waals surface area contributed by atoms with Crippen LogP contribution in [0.2, 0.25) is 0 Å². The summed E-state index contributed by atoms with van der Waals surface area (Å²) < 4.78 is 5.28. The molecule has 154 valence electrons. The number of rotatable bonds is 8. The molecule has 0 aliphatic rings. The van der Waals surface area contributed by atoms with Crippen LogP contribution in [0, 0.1) is 10.1 Å². The SMILES string of the molecule is COc1ccccc1CNC(=O)[C@@H](C)Nc1nc(-c2ccccc2)ccc1[N+](=O)[O-]. The van der Waals surface area contributed by atoms with E-state index in [2.05, 4.69) is 15.6 Å². The first-order chi connectivity index (χ1) is 14.5. The van der Waals surface area contributed by atoms with Crippen molar-refractivity contribution in [1.82, 2.24) is 10.3 Å². The van der Waals surface area contributed by atoms with E-state index in [1.165, 1.54) is 6.07 Å². The van der Waals surface area contributed by atoms with Gasteiger partial charge in [0.2, 0.25) is 11.7 Å².